The number of hydrogen-bond acceptors (Lipinski definition) is 6. The molecule has 1 aromatic carbocycles. The summed E-state index contributed by atoms with van der Waals surface area (Å²) in [5, 5.41) is 5.95. The number of anilines is 1. The van der Waals surface area contributed by atoms with Crippen molar-refractivity contribution in [2.45, 2.75) is 39.7 Å². The van der Waals surface area contributed by atoms with Crippen molar-refractivity contribution in [3.05, 3.63) is 47.6 Å². The van der Waals surface area contributed by atoms with Crippen molar-refractivity contribution in [2.24, 2.45) is 0 Å². The molecule has 136 valence electrons. The molecule has 0 unspecified atom stereocenters. The Morgan fingerprint density at radius 1 is 1.23 bits per heavy atom. The predicted octanol–water partition coefficient (Wildman–Crippen LogP) is 3.11. The van der Waals surface area contributed by atoms with E-state index < -0.39 is 0 Å². The van der Waals surface area contributed by atoms with E-state index in [1.165, 1.54) is 12.4 Å². The lowest BCUT2D eigenvalue weighted by atomic mass is 10.2. The van der Waals surface area contributed by atoms with Crippen LogP contribution in [0.25, 0.3) is 11.1 Å². The summed E-state index contributed by atoms with van der Waals surface area (Å²) >= 11 is 0. The van der Waals surface area contributed by atoms with Gasteiger partial charge >= 0.3 is 0 Å². The predicted molar refractivity (Wildman–Crippen MR) is 100 cm³/mol. The van der Waals surface area contributed by atoms with Gasteiger partial charge in [-0.25, -0.2) is 15.0 Å². The third kappa shape index (κ3) is 4.56. The Labute approximate surface area is 152 Å². The third-order valence-electron chi connectivity index (χ3n) is 3.77. The Morgan fingerprint density at radius 3 is 2.73 bits per heavy atom. The summed E-state index contributed by atoms with van der Waals surface area (Å²) < 4.78 is 5.73. The van der Waals surface area contributed by atoms with Crippen molar-refractivity contribution in [3.63, 3.8) is 0 Å². The number of amides is 1. The number of nitrogens with zero attached hydrogens (tertiary/aromatic N) is 3. The van der Waals surface area contributed by atoms with E-state index in [4.69, 9.17) is 4.42 Å². The normalized spacial score (nSPS) is 11.1. The van der Waals surface area contributed by atoms with Crippen molar-refractivity contribution in [2.75, 3.05) is 11.9 Å². The zero-order valence-corrected chi connectivity index (χ0v) is 15.2. The molecule has 7 heteroatoms. The second-order valence-electron chi connectivity index (χ2n) is 6.53. The van der Waals surface area contributed by atoms with Gasteiger partial charge in [0, 0.05) is 31.4 Å². The number of oxazole rings is 1. The molecular weight excluding hydrogens is 330 g/mol. The first-order valence-corrected chi connectivity index (χ1v) is 8.74. The Bertz CT molecular complexity index is 887. The smallest absolute Gasteiger partial charge is 0.254 e. The van der Waals surface area contributed by atoms with E-state index in [1.807, 2.05) is 39.0 Å². The zero-order valence-electron chi connectivity index (χ0n) is 15.2. The third-order valence-corrected chi connectivity index (χ3v) is 3.77. The minimum atomic E-state index is -0.186. The van der Waals surface area contributed by atoms with Gasteiger partial charge in [-0.3, -0.25) is 4.79 Å². The molecule has 3 rings (SSSR count). The van der Waals surface area contributed by atoms with Crippen LogP contribution < -0.4 is 10.6 Å². The number of benzene rings is 1. The van der Waals surface area contributed by atoms with Gasteiger partial charge in [-0.05, 0) is 44.9 Å². The molecule has 3 aromatic rings. The molecule has 0 radical (unpaired) electrons. The first-order chi connectivity index (χ1) is 12.5. The highest BCUT2D eigenvalue weighted by Crippen LogP contribution is 2.17. The summed E-state index contributed by atoms with van der Waals surface area (Å²) in [4.78, 5) is 24.9. The van der Waals surface area contributed by atoms with Gasteiger partial charge in [0.05, 0.1) is 5.56 Å². The van der Waals surface area contributed by atoms with Crippen molar-refractivity contribution < 1.29 is 9.21 Å². The van der Waals surface area contributed by atoms with E-state index in [-0.39, 0.29) is 11.9 Å². The number of nitrogens with one attached hydrogen (secondary N) is 2. The van der Waals surface area contributed by atoms with Crippen LogP contribution in [0.15, 0.2) is 35.0 Å². The molecule has 26 heavy (non-hydrogen) atoms. The summed E-state index contributed by atoms with van der Waals surface area (Å²) in [6, 6.07) is 6.19. The number of carbonyl (C=O) groups is 1. The van der Waals surface area contributed by atoms with Gasteiger partial charge in [0.2, 0.25) is 5.95 Å². The second kappa shape index (κ2) is 7.95. The number of carbonyl (C=O) groups excluding carboxylic acids is 1. The highest BCUT2D eigenvalue weighted by atomic mass is 16.3. The number of hydrogen-bond donors (Lipinski definition) is 2. The monoisotopic (exact) mass is 353 g/mol. The number of aromatic nitrogens is 3. The van der Waals surface area contributed by atoms with Gasteiger partial charge in [-0.15, -0.1) is 0 Å². The topological polar surface area (TPSA) is 92.9 Å². The van der Waals surface area contributed by atoms with Gasteiger partial charge in [0.1, 0.15) is 5.52 Å². The fourth-order valence-corrected chi connectivity index (χ4v) is 2.51. The number of aryl methyl sites for hydroxylation is 2. The average molecular weight is 353 g/mol. The van der Waals surface area contributed by atoms with Gasteiger partial charge in [-0.2, -0.15) is 0 Å². The molecule has 2 N–H and O–H groups in total. The maximum absolute atomic E-state index is 12.1. The maximum Gasteiger partial charge on any atom is 0.254 e. The van der Waals surface area contributed by atoms with Crippen LogP contribution in [0.1, 0.15) is 42.1 Å². The molecule has 0 aliphatic carbocycles. The van der Waals surface area contributed by atoms with E-state index in [0.717, 1.165) is 23.1 Å². The molecule has 0 atom stereocenters. The minimum Gasteiger partial charge on any atom is -0.441 e. The van der Waals surface area contributed by atoms with Crippen LogP contribution in [0.2, 0.25) is 0 Å². The average Bonchev–Trinajstić information content (AvgIpc) is 3.00. The molecule has 0 fully saturated rings. The standard InChI is InChI=1S/C19H23N5O2/c1-12(2)23-19-21-10-14(11-22-19)18(25)20-8-4-5-17-24-15-7-6-13(3)9-16(15)26-17/h6-7,9-12H,4-5,8H2,1-3H3,(H,20,25)(H,21,22,23). The van der Waals surface area contributed by atoms with Crippen LogP contribution in [-0.2, 0) is 6.42 Å². The van der Waals surface area contributed by atoms with E-state index in [0.29, 0.717) is 30.4 Å². The van der Waals surface area contributed by atoms with Gasteiger partial charge < -0.3 is 15.1 Å². The van der Waals surface area contributed by atoms with Crippen LogP contribution in [0.3, 0.4) is 0 Å². The summed E-state index contributed by atoms with van der Waals surface area (Å²) in [5.41, 5.74) is 3.25. The SMILES string of the molecule is Cc1ccc2nc(CCCNC(=O)c3cnc(NC(C)C)nc3)oc2c1. The van der Waals surface area contributed by atoms with Crippen LogP contribution >= 0.6 is 0 Å². The van der Waals surface area contributed by atoms with Crippen LogP contribution in [0.5, 0.6) is 0 Å². The molecule has 0 aliphatic heterocycles. The second-order valence-corrected chi connectivity index (χ2v) is 6.53. The molecular formula is C19H23N5O2. The number of fused-ring (bicyclic) bond motifs is 1. The molecule has 1 amide bonds. The lowest BCUT2D eigenvalue weighted by molar-refractivity contribution is 0.0952. The van der Waals surface area contributed by atoms with Crippen LogP contribution in [0, 0.1) is 6.92 Å². The quantitative estimate of drug-likeness (QED) is 0.634. The fraction of sp³-hybridized carbons (Fsp3) is 0.368. The molecule has 2 aromatic heterocycles. The fourth-order valence-electron chi connectivity index (χ4n) is 2.51. The van der Waals surface area contributed by atoms with E-state index in [1.54, 1.807) is 0 Å². The molecule has 2 heterocycles. The van der Waals surface area contributed by atoms with Gasteiger partial charge in [0.25, 0.3) is 5.91 Å². The van der Waals surface area contributed by atoms with Crippen molar-refractivity contribution in [1.82, 2.24) is 20.3 Å². The first-order valence-electron chi connectivity index (χ1n) is 8.74. The van der Waals surface area contributed by atoms with E-state index in [9.17, 15) is 4.79 Å². The molecule has 0 saturated heterocycles. The molecule has 0 saturated carbocycles. The van der Waals surface area contributed by atoms with E-state index in [2.05, 4.69) is 25.6 Å². The summed E-state index contributed by atoms with van der Waals surface area (Å²) in [7, 11) is 0. The first kappa shape index (κ1) is 17.8. The van der Waals surface area contributed by atoms with Crippen LogP contribution in [0.4, 0.5) is 5.95 Å². The largest absolute Gasteiger partial charge is 0.441 e. The Balaban J connectivity index is 1.47. The Morgan fingerprint density at radius 2 is 2.00 bits per heavy atom. The van der Waals surface area contributed by atoms with E-state index >= 15 is 0 Å². The lowest BCUT2D eigenvalue weighted by Crippen LogP contribution is -2.25. The van der Waals surface area contributed by atoms with Gasteiger partial charge in [-0.1, -0.05) is 6.07 Å². The van der Waals surface area contributed by atoms with Crippen molar-refractivity contribution in [3.8, 4) is 0 Å². The lowest BCUT2D eigenvalue weighted by Gasteiger charge is -2.08. The Kier molecular flexibility index (Phi) is 5.46. The maximum atomic E-state index is 12.1. The highest BCUT2D eigenvalue weighted by molar-refractivity contribution is 5.93. The molecule has 7 nitrogen and oxygen atoms in total. The molecule has 0 spiro atoms. The number of rotatable bonds is 7. The summed E-state index contributed by atoms with van der Waals surface area (Å²) in [6.07, 6.45) is 4.46. The van der Waals surface area contributed by atoms with Crippen molar-refractivity contribution in [1.29, 1.82) is 0 Å². The Hall–Kier alpha value is -2.96. The summed E-state index contributed by atoms with van der Waals surface area (Å²) in [6.45, 7) is 6.55. The zero-order chi connectivity index (χ0) is 18.5. The minimum absolute atomic E-state index is 0.186. The van der Waals surface area contributed by atoms with Crippen LogP contribution in [-0.4, -0.2) is 33.4 Å². The molecule has 0 aliphatic rings. The molecule has 0 bridgehead atoms. The van der Waals surface area contributed by atoms with Gasteiger partial charge in [0.15, 0.2) is 11.5 Å². The summed E-state index contributed by atoms with van der Waals surface area (Å²) in [5.74, 6) is 1.02. The van der Waals surface area contributed by atoms with Crippen molar-refractivity contribution >= 4 is 23.0 Å². The highest BCUT2D eigenvalue weighted by Gasteiger charge is 2.09.